The average Bonchev–Trinajstić information content (AvgIpc) is 3.05. The molecule has 1 saturated heterocycles. The van der Waals surface area contributed by atoms with Crippen molar-refractivity contribution >= 4 is 11.7 Å². The Morgan fingerprint density at radius 2 is 1.57 bits per heavy atom. The van der Waals surface area contributed by atoms with Crippen molar-refractivity contribution < 1.29 is 9.59 Å². The van der Waals surface area contributed by atoms with Crippen molar-refractivity contribution in [3.63, 3.8) is 0 Å². The maximum Gasteiger partial charge on any atom is 0.225 e. The Balaban J connectivity index is 1.65. The fraction of sp³-hybridized carbons (Fsp3) is 0.889. The van der Waals surface area contributed by atoms with Gasteiger partial charge in [0.2, 0.25) is 5.91 Å². The van der Waals surface area contributed by atoms with Crippen LogP contribution in [0.4, 0.5) is 0 Å². The summed E-state index contributed by atoms with van der Waals surface area (Å²) in [5.74, 6) is 1.18. The Hall–Kier alpha value is -0.860. The molecule has 0 bridgehead atoms. The van der Waals surface area contributed by atoms with Crippen molar-refractivity contribution in [2.45, 2.75) is 83.1 Å². The summed E-state index contributed by atoms with van der Waals surface area (Å²) in [5.41, 5.74) is 0. The monoisotopic (exact) mass is 291 g/mol. The second kappa shape index (κ2) is 6.93. The van der Waals surface area contributed by atoms with Crippen LogP contribution in [0.1, 0.15) is 77.0 Å². The van der Waals surface area contributed by atoms with E-state index in [2.05, 4.69) is 4.90 Å². The Labute approximate surface area is 128 Å². The highest BCUT2D eigenvalue weighted by molar-refractivity contribution is 5.85. The molecule has 2 atom stereocenters. The fourth-order valence-electron chi connectivity index (χ4n) is 4.67. The van der Waals surface area contributed by atoms with Crippen molar-refractivity contribution in [2.24, 2.45) is 11.8 Å². The van der Waals surface area contributed by atoms with Gasteiger partial charge in [-0.3, -0.25) is 9.59 Å². The zero-order valence-corrected chi connectivity index (χ0v) is 13.2. The standard InChI is InChI=1S/C18H29NO2/c20-17-12-6-10-15(17)16-11-7-13-19(16)18(21)14-8-4-2-1-3-5-9-14/h14-16H,1-13H2. The van der Waals surface area contributed by atoms with Gasteiger partial charge >= 0.3 is 0 Å². The highest BCUT2D eigenvalue weighted by Crippen LogP contribution is 2.35. The molecule has 3 fully saturated rings. The molecule has 118 valence electrons. The van der Waals surface area contributed by atoms with Crippen LogP contribution in [-0.2, 0) is 9.59 Å². The molecule has 0 radical (unpaired) electrons. The SMILES string of the molecule is O=C1CCCC1C1CCCN1C(=O)C1CCCCCCC1. The first-order valence-corrected chi connectivity index (χ1v) is 9.10. The van der Waals surface area contributed by atoms with Crippen LogP contribution in [0.25, 0.3) is 0 Å². The van der Waals surface area contributed by atoms with E-state index >= 15 is 0 Å². The first-order valence-electron chi connectivity index (χ1n) is 9.10. The molecule has 2 saturated carbocycles. The third-order valence-electron chi connectivity index (χ3n) is 5.85. The number of hydrogen-bond donors (Lipinski definition) is 0. The van der Waals surface area contributed by atoms with Crippen LogP contribution in [0.3, 0.4) is 0 Å². The molecule has 1 heterocycles. The van der Waals surface area contributed by atoms with E-state index in [1.807, 2.05) is 0 Å². The van der Waals surface area contributed by atoms with Crippen molar-refractivity contribution in [2.75, 3.05) is 6.54 Å². The van der Waals surface area contributed by atoms with Gasteiger partial charge in [0.1, 0.15) is 5.78 Å². The lowest BCUT2D eigenvalue weighted by Crippen LogP contribution is -2.44. The molecule has 0 aromatic carbocycles. The number of carbonyl (C=O) groups excluding carboxylic acids is 2. The lowest BCUT2D eigenvalue weighted by molar-refractivity contribution is -0.139. The second-order valence-electron chi connectivity index (χ2n) is 7.25. The highest BCUT2D eigenvalue weighted by atomic mass is 16.2. The van der Waals surface area contributed by atoms with Gasteiger partial charge in [-0.25, -0.2) is 0 Å². The predicted molar refractivity (Wildman–Crippen MR) is 82.9 cm³/mol. The van der Waals surface area contributed by atoms with E-state index in [4.69, 9.17) is 0 Å². The molecule has 2 unspecified atom stereocenters. The number of rotatable bonds is 2. The van der Waals surface area contributed by atoms with Crippen LogP contribution >= 0.6 is 0 Å². The summed E-state index contributed by atoms with van der Waals surface area (Å²) >= 11 is 0. The Kier molecular flexibility index (Phi) is 4.97. The maximum absolute atomic E-state index is 13.0. The Bertz CT molecular complexity index is 385. The van der Waals surface area contributed by atoms with Crippen LogP contribution < -0.4 is 0 Å². The molecule has 0 spiro atoms. The van der Waals surface area contributed by atoms with Crippen LogP contribution in [0.15, 0.2) is 0 Å². The lowest BCUT2D eigenvalue weighted by atomic mass is 9.89. The summed E-state index contributed by atoms with van der Waals surface area (Å²) in [6.45, 7) is 0.893. The molecule has 3 rings (SSSR count). The van der Waals surface area contributed by atoms with Crippen molar-refractivity contribution in [3.05, 3.63) is 0 Å². The highest BCUT2D eigenvalue weighted by Gasteiger charge is 2.41. The zero-order valence-electron chi connectivity index (χ0n) is 13.2. The zero-order chi connectivity index (χ0) is 14.7. The number of hydrogen-bond acceptors (Lipinski definition) is 2. The molecular weight excluding hydrogens is 262 g/mol. The Morgan fingerprint density at radius 1 is 0.857 bits per heavy atom. The number of carbonyl (C=O) groups is 2. The van der Waals surface area contributed by atoms with E-state index < -0.39 is 0 Å². The number of amides is 1. The quantitative estimate of drug-likeness (QED) is 0.778. The molecule has 0 N–H and O–H groups in total. The molecular formula is C18H29NO2. The van der Waals surface area contributed by atoms with E-state index in [9.17, 15) is 9.59 Å². The molecule has 1 aliphatic heterocycles. The lowest BCUT2D eigenvalue weighted by Gasteiger charge is -2.32. The molecule has 0 aromatic heterocycles. The van der Waals surface area contributed by atoms with Gasteiger partial charge in [-0.1, -0.05) is 32.1 Å². The van der Waals surface area contributed by atoms with Gasteiger partial charge in [0.15, 0.2) is 0 Å². The average molecular weight is 291 g/mol. The van der Waals surface area contributed by atoms with E-state index in [0.717, 1.165) is 51.5 Å². The molecule has 21 heavy (non-hydrogen) atoms. The predicted octanol–water partition coefficient (Wildman–Crippen LogP) is 3.71. The topological polar surface area (TPSA) is 37.4 Å². The molecule has 3 heteroatoms. The van der Waals surface area contributed by atoms with E-state index in [-0.39, 0.29) is 17.9 Å². The minimum absolute atomic E-state index is 0.157. The molecule has 3 nitrogen and oxygen atoms in total. The summed E-state index contributed by atoms with van der Waals surface area (Å²) in [6, 6.07) is 0.234. The Morgan fingerprint density at radius 3 is 2.24 bits per heavy atom. The molecule has 0 aromatic rings. The second-order valence-corrected chi connectivity index (χ2v) is 7.25. The van der Waals surface area contributed by atoms with Crippen LogP contribution in [0, 0.1) is 11.8 Å². The van der Waals surface area contributed by atoms with Crippen LogP contribution in [0.2, 0.25) is 0 Å². The van der Waals surface area contributed by atoms with E-state index in [1.54, 1.807) is 0 Å². The smallest absolute Gasteiger partial charge is 0.225 e. The number of ketones is 1. The van der Waals surface area contributed by atoms with Gasteiger partial charge in [0, 0.05) is 30.8 Å². The van der Waals surface area contributed by atoms with E-state index in [1.165, 1.54) is 32.1 Å². The van der Waals surface area contributed by atoms with Gasteiger partial charge in [-0.05, 0) is 38.5 Å². The largest absolute Gasteiger partial charge is 0.339 e. The normalized spacial score (nSPS) is 32.2. The van der Waals surface area contributed by atoms with E-state index in [0.29, 0.717) is 11.7 Å². The third kappa shape index (κ3) is 3.32. The maximum atomic E-state index is 13.0. The number of likely N-dealkylation sites (tertiary alicyclic amines) is 1. The summed E-state index contributed by atoms with van der Waals surface area (Å²) in [5, 5.41) is 0. The molecule has 1 amide bonds. The molecule has 2 aliphatic carbocycles. The summed E-state index contributed by atoms with van der Waals surface area (Å²) in [6.07, 6.45) is 13.4. The van der Waals surface area contributed by atoms with Crippen LogP contribution in [-0.4, -0.2) is 29.2 Å². The van der Waals surface area contributed by atoms with Crippen LogP contribution in [0.5, 0.6) is 0 Å². The first kappa shape index (κ1) is 15.1. The van der Waals surface area contributed by atoms with Gasteiger partial charge in [0.05, 0.1) is 0 Å². The van der Waals surface area contributed by atoms with Crippen molar-refractivity contribution in [1.82, 2.24) is 4.90 Å². The summed E-state index contributed by atoms with van der Waals surface area (Å²) in [7, 11) is 0. The summed E-state index contributed by atoms with van der Waals surface area (Å²) < 4.78 is 0. The van der Waals surface area contributed by atoms with Crippen molar-refractivity contribution in [3.8, 4) is 0 Å². The third-order valence-corrected chi connectivity index (χ3v) is 5.85. The van der Waals surface area contributed by atoms with Gasteiger partial charge in [-0.15, -0.1) is 0 Å². The number of Topliss-reactive ketones (excluding diaryl/α,β-unsaturated/α-hetero) is 1. The number of nitrogens with zero attached hydrogens (tertiary/aromatic N) is 1. The minimum atomic E-state index is 0.157. The van der Waals surface area contributed by atoms with Gasteiger partial charge < -0.3 is 4.90 Å². The molecule has 3 aliphatic rings. The first-order chi connectivity index (χ1) is 10.3. The minimum Gasteiger partial charge on any atom is -0.339 e. The summed E-state index contributed by atoms with van der Waals surface area (Å²) in [4.78, 5) is 27.1. The fourth-order valence-corrected chi connectivity index (χ4v) is 4.67. The van der Waals surface area contributed by atoms with Crippen molar-refractivity contribution in [1.29, 1.82) is 0 Å². The van der Waals surface area contributed by atoms with Gasteiger partial charge in [-0.2, -0.15) is 0 Å². The van der Waals surface area contributed by atoms with Gasteiger partial charge in [0.25, 0.3) is 0 Å².